The zero-order valence-electron chi connectivity index (χ0n) is 10.2. The van der Waals surface area contributed by atoms with E-state index in [1.165, 1.54) is 0 Å². The number of nitrogens with two attached hydrogens (primary N) is 1. The summed E-state index contributed by atoms with van der Waals surface area (Å²) in [4.78, 5) is 11.9. The Hall–Kier alpha value is -1.08. The SMILES string of the molecule is Nc1cc(C(=O)NCC2CCS(=O)(=O)C2)ccc1Br. The van der Waals surface area contributed by atoms with Crippen molar-refractivity contribution in [2.45, 2.75) is 6.42 Å². The van der Waals surface area contributed by atoms with Crippen LogP contribution in [0.5, 0.6) is 0 Å². The second-order valence-corrected chi connectivity index (χ2v) is 7.80. The molecule has 1 aromatic rings. The summed E-state index contributed by atoms with van der Waals surface area (Å²) in [5.41, 5.74) is 6.68. The van der Waals surface area contributed by atoms with Gasteiger partial charge in [0.2, 0.25) is 0 Å². The van der Waals surface area contributed by atoms with Gasteiger partial charge in [0.25, 0.3) is 5.91 Å². The molecule has 104 valence electrons. The maximum atomic E-state index is 11.9. The van der Waals surface area contributed by atoms with Gasteiger partial charge in [-0.05, 0) is 46.5 Å². The Kier molecular flexibility index (Phi) is 4.15. The number of nitrogen functional groups attached to an aromatic ring is 1. The van der Waals surface area contributed by atoms with E-state index in [2.05, 4.69) is 21.2 Å². The van der Waals surface area contributed by atoms with Gasteiger partial charge < -0.3 is 11.1 Å². The first-order valence-electron chi connectivity index (χ1n) is 5.91. The maximum absolute atomic E-state index is 11.9. The van der Waals surface area contributed by atoms with Crippen molar-refractivity contribution in [1.29, 1.82) is 0 Å². The number of nitrogens with one attached hydrogen (secondary N) is 1. The van der Waals surface area contributed by atoms with Gasteiger partial charge in [-0.3, -0.25) is 4.79 Å². The lowest BCUT2D eigenvalue weighted by molar-refractivity contribution is 0.0948. The average Bonchev–Trinajstić information content (AvgIpc) is 2.69. The fourth-order valence-corrected chi connectivity index (χ4v) is 4.17. The van der Waals surface area contributed by atoms with E-state index < -0.39 is 9.84 Å². The van der Waals surface area contributed by atoms with E-state index in [9.17, 15) is 13.2 Å². The van der Waals surface area contributed by atoms with Gasteiger partial charge in [-0.25, -0.2) is 8.42 Å². The van der Waals surface area contributed by atoms with Crippen molar-refractivity contribution in [3.63, 3.8) is 0 Å². The van der Waals surface area contributed by atoms with Crippen molar-refractivity contribution in [3.05, 3.63) is 28.2 Å². The first-order chi connectivity index (χ1) is 8.87. The number of anilines is 1. The van der Waals surface area contributed by atoms with E-state index >= 15 is 0 Å². The maximum Gasteiger partial charge on any atom is 0.251 e. The third kappa shape index (κ3) is 3.70. The predicted octanol–water partition coefficient (Wildman–Crippen LogP) is 1.20. The molecule has 1 aliphatic rings. The standard InChI is InChI=1S/C12H15BrN2O3S/c13-10-2-1-9(5-11(10)14)12(16)15-6-8-3-4-19(17,18)7-8/h1-2,5,8H,3-4,6-7,14H2,(H,15,16). The fraction of sp³-hybridized carbons (Fsp3) is 0.417. The Morgan fingerprint density at radius 3 is 2.79 bits per heavy atom. The quantitative estimate of drug-likeness (QED) is 0.804. The van der Waals surface area contributed by atoms with Gasteiger partial charge in [0.05, 0.1) is 11.5 Å². The lowest BCUT2D eigenvalue weighted by atomic mass is 10.1. The molecule has 19 heavy (non-hydrogen) atoms. The zero-order chi connectivity index (χ0) is 14.0. The molecule has 1 unspecified atom stereocenters. The van der Waals surface area contributed by atoms with Crippen molar-refractivity contribution in [1.82, 2.24) is 5.32 Å². The fourth-order valence-electron chi connectivity index (χ4n) is 2.06. The van der Waals surface area contributed by atoms with E-state index in [0.29, 0.717) is 24.2 Å². The largest absolute Gasteiger partial charge is 0.398 e. The van der Waals surface area contributed by atoms with Crippen LogP contribution in [-0.2, 0) is 9.84 Å². The molecule has 0 bridgehead atoms. The summed E-state index contributed by atoms with van der Waals surface area (Å²) in [5.74, 6) is 0.166. The van der Waals surface area contributed by atoms with Crippen LogP contribution in [0.3, 0.4) is 0 Å². The smallest absolute Gasteiger partial charge is 0.251 e. The van der Waals surface area contributed by atoms with E-state index in [-0.39, 0.29) is 23.3 Å². The van der Waals surface area contributed by atoms with Crippen molar-refractivity contribution >= 4 is 37.4 Å². The number of rotatable bonds is 3. The molecule has 1 saturated heterocycles. The normalized spacial score (nSPS) is 21.2. The van der Waals surface area contributed by atoms with Gasteiger partial charge in [-0.1, -0.05) is 0 Å². The van der Waals surface area contributed by atoms with Gasteiger partial charge in [0, 0.05) is 22.3 Å². The highest BCUT2D eigenvalue weighted by Crippen LogP contribution is 2.21. The van der Waals surface area contributed by atoms with Crippen molar-refractivity contribution in [2.24, 2.45) is 5.92 Å². The molecule has 0 radical (unpaired) electrons. The van der Waals surface area contributed by atoms with Gasteiger partial charge in [0.15, 0.2) is 9.84 Å². The summed E-state index contributed by atoms with van der Waals surface area (Å²) in [6, 6.07) is 4.97. The molecule has 7 heteroatoms. The minimum Gasteiger partial charge on any atom is -0.398 e. The van der Waals surface area contributed by atoms with Gasteiger partial charge >= 0.3 is 0 Å². The summed E-state index contributed by atoms with van der Waals surface area (Å²) in [7, 11) is -2.90. The summed E-state index contributed by atoms with van der Waals surface area (Å²) in [6.45, 7) is 0.383. The third-order valence-corrected chi connectivity index (χ3v) is 5.70. The van der Waals surface area contributed by atoms with Gasteiger partial charge in [-0.15, -0.1) is 0 Å². The molecular weight excluding hydrogens is 332 g/mol. The molecule has 1 aromatic carbocycles. The summed E-state index contributed by atoms with van der Waals surface area (Å²) >= 11 is 3.26. The minimum atomic E-state index is -2.90. The average molecular weight is 347 g/mol. The van der Waals surface area contributed by atoms with Crippen LogP contribution in [0.1, 0.15) is 16.8 Å². The lowest BCUT2D eigenvalue weighted by Crippen LogP contribution is -2.29. The van der Waals surface area contributed by atoms with Crippen LogP contribution >= 0.6 is 15.9 Å². The number of carbonyl (C=O) groups excluding carboxylic acids is 1. The number of benzene rings is 1. The van der Waals surface area contributed by atoms with Crippen molar-refractivity contribution in [2.75, 3.05) is 23.8 Å². The molecule has 1 fully saturated rings. The highest BCUT2D eigenvalue weighted by atomic mass is 79.9. The van der Waals surface area contributed by atoms with Crippen LogP contribution in [0.2, 0.25) is 0 Å². The Labute approximate surface area is 120 Å². The van der Waals surface area contributed by atoms with Crippen LogP contribution in [0.4, 0.5) is 5.69 Å². The first kappa shape index (κ1) is 14.3. The number of carbonyl (C=O) groups is 1. The van der Waals surface area contributed by atoms with Crippen LogP contribution in [0, 0.1) is 5.92 Å². The van der Waals surface area contributed by atoms with Crippen molar-refractivity contribution in [3.8, 4) is 0 Å². The Morgan fingerprint density at radius 1 is 1.47 bits per heavy atom. The Balaban J connectivity index is 1.93. The van der Waals surface area contributed by atoms with Crippen LogP contribution in [0.15, 0.2) is 22.7 Å². The van der Waals surface area contributed by atoms with Crippen LogP contribution in [-0.4, -0.2) is 32.4 Å². The molecule has 3 N–H and O–H groups in total. The molecule has 5 nitrogen and oxygen atoms in total. The first-order valence-corrected chi connectivity index (χ1v) is 8.52. The van der Waals surface area contributed by atoms with Crippen LogP contribution in [0.25, 0.3) is 0 Å². The highest BCUT2D eigenvalue weighted by molar-refractivity contribution is 9.10. The molecule has 1 amide bonds. The topological polar surface area (TPSA) is 89.3 Å². The molecule has 1 heterocycles. The summed E-state index contributed by atoms with van der Waals surface area (Å²) < 4.78 is 23.3. The molecular formula is C12H15BrN2O3S. The number of halogens is 1. The third-order valence-electron chi connectivity index (χ3n) is 3.14. The van der Waals surface area contributed by atoms with E-state index in [1.54, 1.807) is 18.2 Å². The second-order valence-electron chi connectivity index (χ2n) is 4.72. The van der Waals surface area contributed by atoms with E-state index in [0.717, 1.165) is 4.47 Å². The Morgan fingerprint density at radius 2 is 2.21 bits per heavy atom. The molecule has 1 atom stereocenters. The molecule has 0 aromatic heterocycles. The van der Waals surface area contributed by atoms with Crippen molar-refractivity contribution < 1.29 is 13.2 Å². The molecule has 0 aliphatic carbocycles. The monoisotopic (exact) mass is 346 g/mol. The van der Waals surface area contributed by atoms with Crippen LogP contribution < -0.4 is 11.1 Å². The Bertz CT molecular complexity index is 601. The number of hydrogen-bond acceptors (Lipinski definition) is 4. The summed E-state index contributed by atoms with van der Waals surface area (Å²) in [6.07, 6.45) is 0.616. The van der Waals surface area contributed by atoms with Gasteiger partial charge in [-0.2, -0.15) is 0 Å². The number of sulfone groups is 1. The molecule has 0 spiro atoms. The van der Waals surface area contributed by atoms with E-state index in [4.69, 9.17) is 5.73 Å². The van der Waals surface area contributed by atoms with Gasteiger partial charge in [0.1, 0.15) is 0 Å². The molecule has 1 aliphatic heterocycles. The predicted molar refractivity (Wildman–Crippen MR) is 77.6 cm³/mol. The lowest BCUT2D eigenvalue weighted by Gasteiger charge is -2.10. The molecule has 2 rings (SSSR count). The second kappa shape index (κ2) is 5.50. The summed E-state index contributed by atoms with van der Waals surface area (Å²) in [5, 5.41) is 2.75. The van der Waals surface area contributed by atoms with E-state index in [1.807, 2.05) is 0 Å². The molecule has 0 saturated carbocycles. The minimum absolute atomic E-state index is 0.0155. The number of amides is 1. The highest BCUT2D eigenvalue weighted by Gasteiger charge is 2.27. The number of hydrogen-bond donors (Lipinski definition) is 2. The zero-order valence-corrected chi connectivity index (χ0v) is 12.6.